The first kappa shape index (κ1) is 72.6. The third-order valence-corrected chi connectivity index (χ3v) is 16.0. The number of unbranched alkanes of at least 4 members (excludes halogenated alkanes) is 6. The lowest BCUT2D eigenvalue weighted by Gasteiger charge is -2.44. The van der Waals surface area contributed by atoms with Gasteiger partial charge in [-0.25, -0.2) is 92.7 Å². The molecule has 0 unspecified atom stereocenters. The molecule has 0 amide bonds. The summed E-state index contributed by atoms with van der Waals surface area (Å²) in [7, 11) is 0. The minimum absolute atomic E-state index is 1.13. The normalized spacial score (nSPS) is 11.6. The molecule has 0 aromatic heterocycles. The van der Waals surface area contributed by atoms with Gasteiger partial charge in [-0.3, -0.25) is 0 Å². The van der Waals surface area contributed by atoms with Crippen LogP contribution in [0.25, 0.3) is 0 Å². The van der Waals surface area contributed by atoms with Gasteiger partial charge in [-0.05, 0) is 74.9 Å². The maximum absolute atomic E-state index is 15.4. The molecule has 0 aliphatic carbocycles. The fourth-order valence-corrected chi connectivity index (χ4v) is 11.1. The number of benzene rings is 7. The average molecular weight is 1310 g/mol. The molecule has 91 heavy (non-hydrogen) atoms. The van der Waals surface area contributed by atoms with Crippen molar-refractivity contribution in [3.05, 3.63) is 189 Å². The summed E-state index contributed by atoms with van der Waals surface area (Å²) in [6, 6.07) is 28.3. The van der Waals surface area contributed by atoms with Gasteiger partial charge in [0.15, 0.2) is 69.8 Å². The number of hydrogen-bond donors (Lipinski definition) is 1. The number of halogens is 20. The van der Waals surface area contributed by atoms with Gasteiger partial charge in [0.2, 0.25) is 0 Å². The van der Waals surface area contributed by atoms with E-state index in [1.54, 1.807) is 0 Å². The van der Waals surface area contributed by atoms with E-state index in [2.05, 4.69) is 129 Å². The predicted octanol–water partition coefficient (Wildman–Crippen LogP) is 16.9. The first-order chi connectivity index (χ1) is 43.3. The maximum atomic E-state index is 15.4. The van der Waals surface area contributed by atoms with Gasteiger partial charge in [0.25, 0.3) is 0 Å². The Hall–Kier alpha value is -7.44. The highest BCUT2D eigenvalue weighted by Gasteiger charge is 2.52. The summed E-state index contributed by atoms with van der Waals surface area (Å²) in [5.41, 5.74) is -6.42. The molecule has 0 heterocycles. The van der Waals surface area contributed by atoms with Gasteiger partial charge in [-0.1, -0.05) is 80.1 Å². The van der Waals surface area contributed by atoms with Gasteiger partial charge in [0, 0.05) is 92.7 Å². The van der Waals surface area contributed by atoms with Crippen molar-refractivity contribution < 1.29 is 92.7 Å². The lowest BCUT2D eigenvalue weighted by atomic mass is 9.12. The predicted molar refractivity (Wildman–Crippen MR) is 315 cm³/mol. The summed E-state index contributed by atoms with van der Waals surface area (Å²) in [6.07, 6.45) is 7.59. The lowest BCUT2D eigenvalue weighted by Crippen LogP contribution is -2.96. The molecule has 494 valence electrons. The topological polar surface area (TPSA) is 14.2 Å². The highest BCUT2D eigenvalue weighted by molar-refractivity contribution is 7.20. The van der Waals surface area contributed by atoms with Crippen LogP contribution < -0.4 is 41.5 Å². The van der Waals surface area contributed by atoms with Crippen molar-refractivity contribution in [2.24, 2.45) is 0 Å². The van der Waals surface area contributed by atoms with Crippen LogP contribution in [-0.2, 0) is 0 Å². The number of hydrogen-bond acceptors (Lipinski definition) is 3. The van der Waals surface area contributed by atoms with Crippen molar-refractivity contribution in [1.82, 2.24) is 0 Å². The molecule has 1 N–H and O–H groups in total. The van der Waals surface area contributed by atoms with Gasteiger partial charge in [0.05, 0.1) is 0 Å². The summed E-state index contributed by atoms with van der Waals surface area (Å²) >= 11 is 0. The minimum atomic E-state index is -7.22. The largest absolute Gasteiger partial charge is 0.372 e. The molecule has 0 fully saturated rings. The first-order valence-electron chi connectivity index (χ1n) is 30.0. The van der Waals surface area contributed by atoms with Gasteiger partial charge in [0.1, 0.15) is 69.7 Å². The zero-order valence-corrected chi connectivity index (χ0v) is 50.6. The number of rotatable bonds is 28. The van der Waals surface area contributed by atoms with Crippen molar-refractivity contribution >= 4 is 62.1 Å². The summed E-state index contributed by atoms with van der Waals surface area (Å²) in [4.78, 5) is 9.08. The molecule has 0 saturated heterocycles. The Morgan fingerprint density at radius 2 is 0.374 bits per heavy atom. The molecular formula is C66H67BF20N4. The second kappa shape index (κ2) is 32.2. The average Bonchev–Trinajstić information content (AvgIpc) is 0.683. The van der Waals surface area contributed by atoms with Crippen LogP contribution in [0.4, 0.5) is 122 Å². The molecule has 0 aliphatic rings. The van der Waals surface area contributed by atoms with Crippen molar-refractivity contribution in [1.29, 1.82) is 0 Å². The van der Waals surface area contributed by atoms with E-state index in [9.17, 15) is 52.7 Å². The standard InChI is InChI=1S/C42H66N4.C24BF20/c1-7-13-31-43(32-14-8-2)37-19-25-40(26-20-37)46(41-27-21-38(22-28-41)44(33-15-9-3)34-16-10-4)42-29-23-39(24-30-42)45(35-17-11-5)36-18-12-6;26-5-1(6(27)14(35)21(42)13(5)34)25(2-7(28)15(36)22(43)16(37)8(2)29,3-9(30)17(38)23(44)18(39)10(3)31)4-11(32)19(40)24(45)20(41)12(4)33/h19-30H,7-18,31-36H2,1-6H3;/q;-1/p+1. The Bertz CT molecular complexity index is 3050. The maximum Gasteiger partial charge on any atom is 0.200 e. The summed E-state index contributed by atoms with van der Waals surface area (Å²) < 4.78 is 294. The third kappa shape index (κ3) is 14.8. The second-order valence-corrected chi connectivity index (χ2v) is 21.9. The Kier molecular flexibility index (Phi) is 25.7. The van der Waals surface area contributed by atoms with E-state index in [0.717, 1.165) is 39.3 Å². The molecule has 25 heteroatoms. The van der Waals surface area contributed by atoms with E-state index in [-0.39, 0.29) is 0 Å². The van der Waals surface area contributed by atoms with E-state index >= 15 is 35.1 Å². The van der Waals surface area contributed by atoms with E-state index in [4.69, 9.17) is 0 Å². The number of quaternary nitrogens is 1. The van der Waals surface area contributed by atoms with Crippen molar-refractivity contribution in [3.63, 3.8) is 0 Å². The quantitative estimate of drug-likeness (QED) is 0.0228. The zero-order valence-electron chi connectivity index (χ0n) is 50.6. The van der Waals surface area contributed by atoms with Crippen LogP contribution in [0.5, 0.6) is 0 Å². The van der Waals surface area contributed by atoms with Crippen LogP contribution in [0.2, 0.25) is 0 Å². The van der Waals surface area contributed by atoms with Crippen molar-refractivity contribution in [2.45, 2.75) is 119 Å². The summed E-state index contributed by atoms with van der Waals surface area (Å²) in [5.74, 6) is -71.4. The van der Waals surface area contributed by atoms with Crippen LogP contribution >= 0.6 is 0 Å². The monoisotopic (exact) mass is 1310 g/mol. The van der Waals surface area contributed by atoms with Crippen LogP contribution in [-0.4, -0.2) is 45.4 Å². The van der Waals surface area contributed by atoms with E-state index in [1.165, 1.54) is 116 Å². The van der Waals surface area contributed by atoms with Gasteiger partial charge >= 0.3 is 0 Å². The number of anilines is 3. The second-order valence-electron chi connectivity index (χ2n) is 21.9. The summed E-state index contributed by atoms with van der Waals surface area (Å²) in [6.45, 7) is 20.5. The lowest BCUT2D eigenvalue weighted by molar-refractivity contribution is -0.681. The zero-order chi connectivity index (χ0) is 67.3. The molecule has 0 aliphatic heterocycles. The molecule has 0 atom stereocenters. The fourth-order valence-electron chi connectivity index (χ4n) is 11.1. The molecule has 0 radical (unpaired) electrons. The van der Waals surface area contributed by atoms with E-state index < -0.39 is 144 Å². The smallest absolute Gasteiger partial charge is 0.200 e. The first-order valence-corrected chi connectivity index (χ1v) is 30.0. The van der Waals surface area contributed by atoms with Crippen LogP contribution in [0.15, 0.2) is 72.8 Å². The van der Waals surface area contributed by atoms with Gasteiger partial charge in [-0.2, -0.15) is 0 Å². The minimum Gasteiger partial charge on any atom is -0.372 e. The van der Waals surface area contributed by atoms with Gasteiger partial charge in [-0.15, -0.1) is 21.9 Å². The number of nitrogens with one attached hydrogen (secondary N) is 1. The highest BCUT2D eigenvalue weighted by Crippen LogP contribution is 2.32. The molecule has 4 nitrogen and oxygen atoms in total. The molecule has 0 saturated carbocycles. The summed E-state index contributed by atoms with van der Waals surface area (Å²) in [5, 5.41) is 0. The molecular weight excluding hydrogens is 1240 g/mol. The fraction of sp³-hybridized carbons (Fsp3) is 0.364. The van der Waals surface area contributed by atoms with Crippen LogP contribution in [0, 0.1) is 116 Å². The number of nitrogens with zero attached hydrogens (tertiary/aromatic N) is 3. The molecule has 0 bridgehead atoms. The molecule has 7 aromatic carbocycles. The molecule has 0 spiro atoms. The highest BCUT2D eigenvalue weighted by atomic mass is 19.2. The molecule has 7 aromatic rings. The van der Waals surface area contributed by atoms with Crippen LogP contribution in [0.3, 0.4) is 0 Å². The van der Waals surface area contributed by atoms with E-state index in [1.807, 2.05) is 0 Å². The van der Waals surface area contributed by atoms with Crippen molar-refractivity contribution in [2.75, 3.05) is 54.0 Å². The van der Waals surface area contributed by atoms with Crippen molar-refractivity contribution in [3.8, 4) is 0 Å². The Morgan fingerprint density at radius 1 is 0.231 bits per heavy atom. The van der Waals surface area contributed by atoms with Crippen LogP contribution in [0.1, 0.15) is 119 Å². The van der Waals surface area contributed by atoms with Gasteiger partial charge < -0.3 is 14.7 Å². The SMILES string of the molecule is CCCCN(CCCC)c1ccc([NH+](c2ccc(N(CCCC)CCCC)cc2)c2ccc(N(CCCC)CCCC)cc2)cc1.Fc1c(F)c(F)c([B-](c2c(F)c(F)c(F)c(F)c2F)(c2c(F)c(F)c(F)c(F)c2F)c2c(F)c(F)c(F)c(F)c2F)c(F)c1F. The Balaban J connectivity index is 0.000000289. The molecule has 7 rings (SSSR count). The third-order valence-electron chi connectivity index (χ3n) is 16.0. The Labute approximate surface area is 515 Å². The Morgan fingerprint density at radius 3 is 0.516 bits per heavy atom. The van der Waals surface area contributed by atoms with E-state index in [0.29, 0.717) is 0 Å².